The molecule has 0 atom stereocenters. The Balaban J connectivity index is 1.00. The van der Waals surface area contributed by atoms with Gasteiger partial charge < -0.3 is 4.42 Å². The van der Waals surface area contributed by atoms with Gasteiger partial charge in [-0.1, -0.05) is 159 Å². The third-order valence-electron chi connectivity index (χ3n) is 12.6. The summed E-state index contributed by atoms with van der Waals surface area (Å²) in [4.78, 5) is 0. The van der Waals surface area contributed by atoms with Crippen molar-refractivity contribution in [3.05, 3.63) is 193 Å². The lowest BCUT2D eigenvalue weighted by Gasteiger charge is -2.23. The van der Waals surface area contributed by atoms with Gasteiger partial charge in [-0.3, -0.25) is 0 Å². The maximum atomic E-state index is 6.35. The van der Waals surface area contributed by atoms with Crippen LogP contribution < -0.4 is 0 Å². The lowest BCUT2D eigenvalue weighted by molar-refractivity contribution is 0.661. The normalized spacial score (nSPS) is 13.3. The first-order valence-electron chi connectivity index (χ1n) is 19.6. The quantitative estimate of drug-likeness (QED) is 0.166. The molecule has 1 aromatic heterocycles. The molecule has 262 valence electrons. The van der Waals surface area contributed by atoms with E-state index in [-0.39, 0.29) is 5.41 Å². The van der Waals surface area contributed by atoms with Crippen LogP contribution in [0.5, 0.6) is 0 Å². The average molecular weight is 713 g/mol. The van der Waals surface area contributed by atoms with Crippen LogP contribution in [0.3, 0.4) is 0 Å². The molecule has 1 aliphatic carbocycles. The second-order valence-corrected chi connectivity index (χ2v) is 16.0. The predicted octanol–water partition coefficient (Wildman–Crippen LogP) is 15.5. The van der Waals surface area contributed by atoms with Gasteiger partial charge in [0.05, 0.1) is 0 Å². The second kappa shape index (κ2) is 11.5. The average Bonchev–Trinajstić information content (AvgIpc) is 3.73. The van der Waals surface area contributed by atoms with Crippen LogP contribution in [-0.2, 0) is 5.41 Å². The lowest BCUT2D eigenvalue weighted by atomic mass is 9.80. The van der Waals surface area contributed by atoms with Crippen LogP contribution in [0.15, 0.2) is 186 Å². The van der Waals surface area contributed by atoms with Crippen molar-refractivity contribution in [1.82, 2.24) is 0 Å². The standard InChI is InChI=1S/C55H36O/c1-55(2)48-31-37(36-24-27-50-47(30-36)54-40-14-6-5-12-34(40)23-28-51(54)56-50)21-25-41(48)42-26-22-39(32-49(42)55)53-45-17-9-7-15-43(45)52(44-16-8-10-18-46(44)53)38-20-19-33-11-3-4-13-35(33)29-38/h3-32H,1-2H3. The van der Waals surface area contributed by atoms with Crippen molar-refractivity contribution < 1.29 is 4.42 Å². The molecule has 0 bridgehead atoms. The molecule has 0 radical (unpaired) electrons. The van der Waals surface area contributed by atoms with Crippen molar-refractivity contribution >= 4 is 65.0 Å². The van der Waals surface area contributed by atoms with Crippen LogP contribution in [0.1, 0.15) is 25.0 Å². The van der Waals surface area contributed by atoms with Gasteiger partial charge >= 0.3 is 0 Å². The molecule has 1 nitrogen and oxygen atoms in total. The van der Waals surface area contributed by atoms with E-state index < -0.39 is 0 Å². The highest BCUT2D eigenvalue weighted by Crippen LogP contribution is 2.52. The number of rotatable bonds is 3. The summed E-state index contributed by atoms with van der Waals surface area (Å²) in [6.07, 6.45) is 0. The number of hydrogen-bond acceptors (Lipinski definition) is 1. The molecule has 0 saturated heterocycles. The molecular formula is C55H36O. The Kier molecular flexibility index (Phi) is 6.46. The molecule has 12 rings (SSSR count). The number of furan rings is 1. The van der Waals surface area contributed by atoms with Crippen molar-refractivity contribution in [1.29, 1.82) is 0 Å². The molecule has 0 saturated carbocycles. The molecule has 56 heavy (non-hydrogen) atoms. The highest BCUT2D eigenvalue weighted by molar-refractivity contribution is 6.22. The van der Waals surface area contributed by atoms with Crippen LogP contribution in [0, 0.1) is 0 Å². The largest absolute Gasteiger partial charge is 0.456 e. The predicted molar refractivity (Wildman–Crippen MR) is 238 cm³/mol. The number of fused-ring (bicyclic) bond motifs is 11. The van der Waals surface area contributed by atoms with E-state index in [9.17, 15) is 0 Å². The maximum absolute atomic E-state index is 6.35. The van der Waals surface area contributed by atoms with Crippen LogP contribution in [-0.4, -0.2) is 0 Å². The van der Waals surface area contributed by atoms with Gasteiger partial charge in [-0.2, -0.15) is 0 Å². The van der Waals surface area contributed by atoms with Crippen molar-refractivity contribution in [2.24, 2.45) is 0 Å². The van der Waals surface area contributed by atoms with Gasteiger partial charge in [0.25, 0.3) is 0 Å². The summed E-state index contributed by atoms with van der Waals surface area (Å²) in [7, 11) is 0. The van der Waals surface area contributed by atoms with Crippen LogP contribution in [0.25, 0.3) is 110 Å². The monoisotopic (exact) mass is 712 g/mol. The zero-order valence-electron chi connectivity index (χ0n) is 31.2. The third-order valence-corrected chi connectivity index (χ3v) is 12.6. The molecule has 0 spiro atoms. The van der Waals surface area contributed by atoms with E-state index in [4.69, 9.17) is 4.42 Å². The van der Waals surface area contributed by atoms with E-state index in [2.05, 4.69) is 196 Å². The van der Waals surface area contributed by atoms with Gasteiger partial charge in [0.1, 0.15) is 11.2 Å². The minimum absolute atomic E-state index is 0.185. The van der Waals surface area contributed by atoms with E-state index >= 15 is 0 Å². The summed E-state index contributed by atoms with van der Waals surface area (Å²) < 4.78 is 6.35. The van der Waals surface area contributed by atoms with Gasteiger partial charge in [-0.15, -0.1) is 0 Å². The maximum Gasteiger partial charge on any atom is 0.136 e. The van der Waals surface area contributed by atoms with E-state index in [1.165, 1.54) is 104 Å². The summed E-state index contributed by atoms with van der Waals surface area (Å²) in [5.74, 6) is 0. The Morgan fingerprint density at radius 1 is 0.339 bits per heavy atom. The Bertz CT molecular complexity index is 3390. The number of hydrogen-bond donors (Lipinski definition) is 0. The van der Waals surface area contributed by atoms with Gasteiger partial charge in [0.2, 0.25) is 0 Å². The van der Waals surface area contributed by atoms with E-state index in [0.717, 1.165) is 16.6 Å². The first kappa shape index (κ1) is 31.4. The van der Waals surface area contributed by atoms with Gasteiger partial charge in [-0.05, 0) is 135 Å². The summed E-state index contributed by atoms with van der Waals surface area (Å²) in [6, 6.07) is 67.3. The molecule has 1 heteroatoms. The summed E-state index contributed by atoms with van der Waals surface area (Å²) in [5, 5.41) is 12.4. The van der Waals surface area contributed by atoms with Crippen LogP contribution in [0.4, 0.5) is 0 Å². The Morgan fingerprint density at radius 3 is 1.48 bits per heavy atom. The molecule has 10 aromatic carbocycles. The Labute approximate surface area is 325 Å². The molecule has 0 aliphatic heterocycles. The molecule has 0 fully saturated rings. The van der Waals surface area contributed by atoms with Crippen molar-refractivity contribution in [2.75, 3.05) is 0 Å². The molecule has 1 aliphatic rings. The van der Waals surface area contributed by atoms with Crippen molar-refractivity contribution in [3.63, 3.8) is 0 Å². The van der Waals surface area contributed by atoms with Crippen LogP contribution >= 0.6 is 0 Å². The summed E-state index contributed by atoms with van der Waals surface area (Å²) in [5.41, 5.74) is 14.6. The highest BCUT2D eigenvalue weighted by Gasteiger charge is 2.36. The minimum atomic E-state index is -0.185. The molecule has 11 aromatic rings. The van der Waals surface area contributed by atoms with E-state index in [1.54, 1.807) is 0 Å². The first-order chi connectivity index (χ1) is 27.5. The summed E-state index contributed by atoms with van der Waals surface area (Å²) in [6.45, 7) is 4.78. The molecule has 0 unspecified atom stereocenters. The Morgan fingerprint density at radius 2 is 0.804 bits per heavy atom. The molecular weight excluding hydrogens is 677 g/mol. The molecule has 1 heterocycles. The highest BCUT2D eigenvalue weighted by atomic mass is 16.3. The van der Waals surface area contributed by atoms with Gasteiger partial charge in [0, 0.05) is 16.2 Å². The van der Waals surface area contributed by atoms with Crippen molar-refractivity contribution in [2.45, 2.75) is 19.3 Å². The molecule has 0 N–H and O–H groups in total. The fourth-order valence-corrected chi connectivity index (χ4v) is 9.89. The topological polar surface area (TPSA) is 13.1 Å². The fourth-order valence-electron chi connectivity index (χ4n) is 9.89. The van der Waals surface area contributed by atoms with Gasteiger partial charge in [-0.25, -0.2) is 0 Å². The fraction of sp³-hybridized carbons (Fsp3) is 0.0545. The number of benzene rings is 10. The first-order valence-corrected chi connectivity index (χ1v) is 19.6. The van der Waals surface area contributed by atoms with Crippen LogP contribution in [0.2, 0.25) is 0 Å². The van der Waals surface area contributed by atoms with Gasteiger partial charge in [0.15, 0.2) is 0 Å². The second-order valence-electron chi connectivity index (χ2n) is 16.0. The Hall–Kier alpha value is -6.96. The SMILES string of the molecule is CC1(C)c2cc(-c3ccc4oc5ccc6ccccc6c5c4c3)ccc2-c2ccc(-c3c4ccccc4c(-c4ccc5ccccc5c4)c4ccccc34)cc21. The zero-order valence-corrected chi connectivity index (χ0v) is 31.2. The van der Waals surface area contributed by atoms with Crippen molar-refractivity contribution in [3.8, 4) is 44.5 Å². The summed E-state index contributed by atoms with van der Waals surface area (Å²) >= 11 is 0. The van der Waals surface area contributed by atoms with E-state index in [1.807, 2.05) is 0 Å². The molecule has 0 amide bonds. The minimum Gasteiger partial charge on any atom is -0.456 e. The zero-order chi connectivity index (χ0) is 37.1. The lowest BCUT2D eigenvalue weighted by Crippen LogP contribution is -2.15. The van der Waals surface area contributed by atoms with E-state index in [0.29, 0.717) is 0 Å². The smallest absolute Gasteiger partial charge is 0.136 e. The third kappa shape index (κ3) is 4.43.